The highest BCUT2D eigenvalue weighted by atomic mass is 79.9. The molecule has 0 bridgehead atoms. The van der Waals surface area contributed by atoms with E-state index >= 15 is 0 Å². The van der Waals surface area contributed by atoms with Gasteiger partial charge < -0.3 is 4.43 Å². The fraction of sp³-hybridized carbons (Fsp3) is 0.385. The van der Waals surface area contributed by atoms with Gasteiger partial charge in [0.15, 0.2) is 0 Å². The SMILES string of the molecule is C/C(=C\CBr)CC/C=C(\C)CO[Si](c1ccccc1)(c1ccccc1)C(C)(C)C. The van der Waals surface area contributed by atoms with Crippen LogP contribution < -0.4 is 10.4 Å². The molecule has 0 spiro atoms. The molecule has 29 heavy (non-hydrogen) atoms. The molecule has 0 saturated carbocycles. The first kappa shape index (κ1) is 23.9. The predicted octanol–water partition coefficient (Wildman–Crippen LogP) is 6.63. The molecular formula is C26H35BrOSi. The molecule has 2 rings (SSSR count). The maximum Gasteiger partial charge on any atom is 0.261 e. The molecule has 2 aromatic carbocycles. The molecule has 0 saturated heterocycles. The van der Waals surface area contributed by atoms with E-state index in [-0.39, 0.29) is 5.04 Å². The summed E-state index contributed by atoms with van der Waals surface area (Å²) in [5.74, 6) is 0. The number of hydrogen-bond acceptors (Lipinski definition) is 1. The lowest BCUT2D eigenvalue weighted by Gasteiger charge is -2.43. The van der Waals surface area contributed by atoms with Gasteiger partial charge in [0.05, 0.1) is 6.61 Å². The zero-order valence-corrected chi connectivity index (χ0v) is 21.1. The number of benzene rings is 2. The Balaban J connectivity index is 2.33. The molecule has 0 amide bonds. The second kappa shape index (κ2) is 11.1. The van der Waals surface area contributed by atoms with E-state index in [0.717, 1.165) is 18.2 Å². The number of rotatable bonds is 9. The van der Waals surface area contributed by atoms with Crippen molar-refractivity contribution in [2.75, 3.05) is 11.9 Å². The first-order valence-electron chi connectivity index (χ1n) is 10.4. The monoisotopic (exact) mass is 470 g/mol. The Morgan fingerprint density at radius 1 is 0.862 bits per heavy atom. The Morgan fingerprint density at radius 2 is 1.38 bits per heavy atom. The van der Waals surface area contributed by atoms with Crippen LogP contribution in [-0.4, -0.2) is 20.3 Å². The van der Waals surface area contributed by atoms with Crippen molar-refractivity contribution < 1.29 is 4.43 Å². The van der Waals surface area contributed by atoms with Crippen LogP contribution in [0.1, 0.15) is 47.5 Å². The molecule has 0 aromatic heterocycles. The van der Waals surface area contributed by atoms with Crippen LogP contribution in [0.4, 0.5) is 0 Å². The largest absolute Gasteiger partial charge is 0.403 e. The topological polar surface area (TPSA) is 9.23 Å². The van der Waals surface area contributed by atoms with E-state index in [4.69, 9.17) is 4.43 Å². The van der Waals surface area contributed by atoms with E-state index < -0.39 is 8.32 Å². The maximum absolute atomic E-state index is 6.98. The average Bonchev–Trinajstić information content (AvgIpc) is 2.69. The minimum absolute atomic E-state index is 0.0190. The summed E-state index contributed by atoms with van der Waals surface area (Å²) >= 11 is 3.47. The number of halogens is 1. The lowest BCUT2D eigenvalue weighted by atomic mass is 10.1. The second-order valence-corrected chi connectivity index (χ2v) is 13.7. The van der Waals surface area contributed by atoms with Gasteiger partial charge in [0.1, 0.15) is 0 Å². The molecule has 0 N–H and O–H groups in total. The normalized spacial score (nSPS) is 13.6. The molecule has 0 aliphatic carbocycles. The third-order valence-corrected chi connectivity index (χ3v) is 10.7. The highest BCUT2D eigenvalue weighted by molar-refractivity contribution is 9.09. The fourth-order valence-corrected chi connectivity index (χ4v) is 8.97. The summed E-state index contributed by atoms with van der Waals surface area (Å²) in [6.07, 6.45) is 6.73. The van der Waals surface area contributed by atoms with Crippen LogP contribution in [0.3, 0.4) is 0 Å². The zero-order valence-electron chi connectivity index (χ0n) is 18.5. The first-order chi connectivity index (χ1) is 13.8. The van der Waals surface area contributed by atoms with Crippen LogP contribution >= 0.6 is 15.9 Å². The van der Waals surface area contributed by atoms with Crippen molar-refractivity contribution in [3.8, 4) is 0 Å². The quantitative estimate of drug-likeness (QED) is 0.227. The Hall–Kier alpha value is -1.42. The van der Waals surface area contributed by atoms with Gasteiger partial charge in [-0.1, -0.05) is 121 Å². The van der Waals surface area contributed by atoms with Crippen LogP contribution in [-0.2, 0) is 4.43 Å². The molecule has 0 heterocycles. The summed E-state index contributed by atoms with van der Waals surface area (Å²) in [7, 11) is -2.44. The molecule has 2 aromatic rings. The maximum atomic E-state index is 6.98. The molecule has 0 aliphatic heterocycles. The van der Waals surface area contributed by atoms with Crippen LogP contribution in [0.2, 0.25) is 5.04 Å². The van der Waals surface area contributed by atoms with Gasteiger partial charge in [-0.2, -0.15) is 0 Å². The van der Waals surface area contributed by atoms with Crippen molar-refractivity contribution in [2.45, 2.75) is 52.5 Å². The lowest BCUT2D eigenvalue weighted by molar-refractivity contribution is 0.329. The molecule has 0 radical (unpaired) electrons. The second-order valence-electron chi connectivity index (χ2n) is 8.75. The third-order valence-electron chi connectivity index (χ3n) is 5.39. The van der Waals surface area contributed by atoms with Crippen molar-refractivity contribution >= 4 is 34.6 Å². The van der Waals surface area contributed by atoms with Crippen LogP contribution in [0.25, 0.3) is 0 Å². The van der Waals surface area contributed by atoms with Gasteiger partial charge in [0.2, 0.25) is 0 Å². The number of allylic oxidation sites excluding steroid dienone is 3. The standard InChI is InChI=1S/C26H35BrOSi/c1-22(19-20-27)13-12-14-23(2)21-28-29(26(3,4)5,24-15-8-6-9-16-24)25-17-10-7-11-18-25/h6-11,14-19H,12-13,20-21H2,1-5H3/b22-19+,23-14+. The van der Waals surface area contributed by atoms with Crippen LogP contribution in [0, 0.1) is 0 Å². The van der Waals surface area contributed by atoms with Gasteiger partial charge in [-0.3, -0.25) is 0 Å². The third kappa shape index (κ3) is 6.28. The highest BCUT2D eigenvalue weighted by Gasteiger charge is 2.50. The summed E-state index contributed by atoms with van der Waals surface area (Å²) < 4.78 is 6.98. The minimum Gasteiger partial charge on any atom is -0.403 e. The van der Waals surface area contributed by atoms with Crippen molar-refractivity contribution in [1.82, 2.24) is 0 Å². The highest BCUT2D eigenvalue weighted by Crippen LogP contribution is 2.37. The lowest BCUT2D eigenvalue weighted by Crippen LogP contribution is -2.66. The molecule has 0 fully saturated rings. The van der Waals surface area contributed by atoms with Gasteiger partial charge in [0.25, 0.3) is 8.32 Å². The average molecular weight is 472 g/mol. The Labute approximate surface area is 187 Å². The Morgan fingerprint density at radius 3 is 1.83 bits per heavy atom. The van der Waals surface area contributed by atoms with E-state index in [0.29, 0.717) is 6.61 Å². The van der Waals surface area contributed by atoms with Gasteiger partial charge >= 0.3 is 0 Å². The first-order valence-corrected chi connectivity index (χ1v) is 13.5. The smallest absolute Gasteiger partial charge is 0.261 e. The fourth-order valence-electron chi connectivity index (χ4n) is 3.82. The van der Waals surface area contributed by atoms with Gasteiger partial charge in [0, 0.05) is 5.33 Å². The molecule has 1 nitrogen and oxygen atoms in total. The Bertz CT molecular complexity index is 764. The van der Waals surface area contributed by atoms with E-state index in [1.54, 1.807) is 0 Å². The molecular weight excluding hydrogens is 436 g/mol. The molecule has 0 unspecified atom stereocenters. The number of alkyl halides is 1. The Kier molecular flexibility index (Phi) is 9.13. The summed E-state index contributed by atoms with van der Waals surface area (Å²) in [6, 6.07) is 21.7. The van der Waals surface area contributed by atoms with E-state index in [1.807, 2.05) is 0 Å². The van der Waals surface area contributed by atoms with Crippen molar-refractivity contribution in [3.63, 3.8) is 0 Å². The molecule has 0 atom stereocenters. The minimum atomic E-state index is -2.44. The van der Waals surface area contributed by atoms with Crippen molar-refractivity contribution in [1.29, 1.82) is 0 Å². The van der Waals surface area contributed by atoms with E-state index in [2.05, 4.69) is 123 Å². The summed E-state index contributed by atoms with van der Waals surface area (Å²) in [6.45, 7) is 12.0. The summed E-state index contributed by atoms with van der Waals surface area (Å²) in [5, 5.41) is 3.62. The van der Waals surface area contributed by atoms with Crippen LogP contribution in [0.5, 0.6) is 0 Å². The zero-order chi connectivity index (χ0) is 21.3. The van der Waals surface area contributed by atoms with E-state index in [9.17, 15) is 0 Å². The van der Waals surface area contributed by atoms with Gasteiger partial charge in [-0.15, -0.1) is 0 Å². The predicted molar refractivity (Wildman–Crippen MR) is 134 cm³/mol. The van der Waals surface area contributed by atoms with Crippen LogP contribution in [0.15, 0.2) is 84.0 Å². The molecule has 156 valence electrons. The molecule has 3 heteroatoms. The van der Waals surface area contributed by atoms with Gasteiger partial charge in [-0.25, -0.2) is 0 Å². The number of hydrogen-bond donors (Lipinski definition) is 0. The molecule has 0 aliphatic rings. The van der Waals surface area contributed by atoms with Gasteiger partial charge in [-0.05, 0) is 42.1 Å². The van der Waals surface area contributed by atoms with Crippen molar-refractivity contribution in [2.24, 2.45) is 0 Å². The van der Waals surface area contributed by atoms with Crippen molar-refractivity contribution in [3.05, 3.63) is 84.0 Å². The summed E-state index contributed by atoms with van der Waals surface area (Å²) in [5.41, 5.74) is 2.74. The van der Waals surface area contributed by atoms with E-state index in [1.165, 1.54) is 21.5 Å². The summed E-state index contributed by atoms with van der Waals surface area (Å²) in [4.78, 5) is 0.